The van der Waals surface area contributed by atoms with E-state index in [-0.39, 0.29) is 0 Å². The van der Waals surface area contributed by atoms with Crippen LogP contribution in [0.3, 0.4) is 0 Å². The summed E-state index contributed by atoms with van der Waals surface area (Å²) in [6, 6.07) is 8.81. The molecule has 1 saturated heterocycles. The summed E-state index contributed by atoms with van der Waals surface area (Å²) >= 11 is 0. The molecule has 1 fully saturated rings. The van der Waals surface area contributed by atoms with Crippen LogP contribution in [-0.4, -0.2) is 20.1 Å². The molecule has 1 N–H and O–H groups in total. The molecule has 2 rings (SSSR count). The Bertz CT molecular complexity index is 382. The van der Waals surface area contributed by atoms with Crippen molar-refractivity contribution < 1.29 is 0 Å². The number of benzene rings is 1. The van der Waals surface area contributed by atoms with Gasteiger partial charge in [0, 0.05) is 25.3 Å². The van der Waals surface area contributed by atoms with Gasteiger partial charge < -0.3 is 10.2 Å². The van der Waals surface area contributed by atoms with Gasteiger partial charge in [-0.15, -0.1) is 0 Å². The van der Waals surface area contributed by atoms with Crippen LogP contribution >= 0.6 is 0 Å². The van der Waals surface area contributed by atoms with E-state index in [0.717, 1.165) is 6.54 Å². The highest BCUT2D eigenvalue weighted by Gasteiger charge is 2.35. The Morgan fingerprint density at radius 2 is 1.94 bits per heavy atom. The first-order valence-corrected chi connectivity index (χ1v) is 7.22. The van der Waals surface area contributed by atoms with Gasteiger partial charge in [-0.25, -0.2) is 0 Å². The fourth-order valence-electron chi connectivity index (χ4n) is 3.13. The molecule has 0 radical (unpaired) electrons. The van der Waals surface area contributed by atoms with E-state index in [1.807, 2.05) is 7.05 Å². The molecule has 0 amide bonds. The lowest BCUT2D eigenvalue weighted by molar-refractivity contribution is 0.301. The zero-order chi connectivity index (χ0) is 13.0. The minimum atomic E-state index is 0.548. The highest BCUT2D eigenvalue weighted by molar-refractivity contribution is 5.54. The van der Waals surface area contributed by atoms with E-state index < -0.39 is 0 Å². The second-order valence-electron chi connectivity index (χ2n) is 5.54. The van der Waals surface area contributed by atoms with E-state index >= 15 is 0 Å². The van der Waals surface area contributed by atoms with Gasteiger partial charge >= 0.3 is 0 Å². The molecule has 1 aliphatic rings. The molecule has 1 aromatic carbocycles. The van der Waals surface area contributed by atoms with E-state index in [2.05, 4.69) is 48.3 Å². The van der Waals surface area contributed by atoms with E-state index in [9.17, 15) is 0 Å². The Morgan fingerprint density at radius 1 is 1.22 bits per heavy atom. The summed E-state index contributed by atoms with van der Waals surface area (Å²) in [6.07, 6.45) is 3.94. The molecule has 2 nitrogen and oxygen atoms in total. The topological polar surface area (TPSA) is 15.3 Å². The van der Waals surface area contributed by atoms with Crippen molar-refractivity contribution in [3.05, 3.63) is 29.8 Å². The maximum atomic E-state index is 3.27. The average Bonchev–Trinajstić information content (AvgIpc) is 2.85. The van der Waals surface area contributed by atoms with E-state index in [0.29, 0.717) is 5.41 Å². The van der Waals surface area contributed by atoms with Crippen LogP contribution in [0.2, 0.25) is 0 Å². The van der Waals surface area contributed by atoms with Crippen molar-refractivity contribution in [2.75, 3.05) is 25.0 Å². The van der Waals surface area contributed by atoms with Crippen LogP contribution < -0.4 is 10.2 Å². The van der Waals surface area contributed by atoms with Gasteiger partial charge in [0.2, 0.25) is 0 Å². The minimum absolute atomic E-state index is 0.548. The van der Waals surface area contributed by atoms with Gasteiger partial charge in [0.25, 0.3) is 0 Å². The van der Waals surface area contributed by atoms with Gasteiger partial charge in [-0.3, -0.25) is 0 Å². The van der Waals surface area contributed by atoms with E-state index in [4.69, 9.17) is 0 Å². The maximum Gasteiger partial charge on any atom is 0.0412 e. The van der Waals surface area contributed by atoms with Crippen LogP contribution in [-0.2, 0) is 6.54 Å². The van der Waals surface area contributed by atoms with Crippen molar-refractivity contribution in [3.8, 4) is 0 Å². The van der Waals surface area contributed by atoms with Gasteiger partial charge in [0.1, 0.15) is 0 Å². The molecule has 0 aliphatic carbocycles. The number of hydrogen-bond donors (Lipinski definition) is 1. The highest BCUT2D eigenvalue weighted by Crippen LogP contribution is 2.39. The molecule has 2 heteroatoms. The van der Waals surface area contributed by atoms with Crippen LogP contribution in [0.15, 0.2) is 24.3 Å². The molecule has 0 saturated carbocycles. The minimum Gasteiger partial charge on any atom is -0.371 e. The van der Waals surface area contributed by atoms with Crippen molar-refractivity contribution in [1.82, 2.24) is 5.32 Å². The molecule has 0 bridgehead atoms. The highest BCUT2D eigenvalue weighted by atomic mass is 15.2. The van der Waals surface area contributed by atoms with Crippen molar-refractivity contribution in [2.45, 2.75) is 39.7 Å². The van der Waals surface area contributed by atoms with E-state index in [1.54, 1.807) is 0 Å². The molecule has 0 spiro atoms. The second-order valence-corrected chi connectivity index (χ2v) is 5.54. The molecule has 1 aliphatic heterocycles. The zero-order valence-electron chi connectivity index (χ0n) is 12.0. The predicted octanol–water partition coefficient (Wildman–Crippen LogP) is 3.42. The third-order valence-corrected chi connectivity index (χ3v) is 4.64. The van der Waals surface area contributed by atoms with E-state index in [1.165, 1.54) is 43.6 Å². The first kappa shape index (κ1) is 13.4. The standard InChI is InChI=1S/C16H26N2/c1-4-16(5-2)10-11-18(13-16)15-9-7-6-8-14(15)12-17-3/h6-9,17H,4-5,10-13H2,1-3H3. The summed E-state index contributed by atoms with van der Waals surface area (Å²) in [7, 11) is 2.02. The fourth-order valence-corrected chi connectivity index (χ4v) is 3.13. The van der Waals surface area contributed by atoms with Crippen molar-refractivity contribution >= 4 is 5.69 Å². The van der Waals surface area contributed by atoms with Crippen molar-refractivity contribution in [1.29, 1.82) is 0 Å². The Morgan fingerprint density at radius 3 is 2.56 bits per heavy atom. The maximum absolute atomic E-state index is 3.27. The number of nitrogens with zero attached hydrogens (tertiary/aromatic N) is 1. The van der Waals surface area contributed by atoms with Crippen LogP contribution in [0.1, 0.15) is 38.7 Å². The number of hydrogen-bond acceptors (Lipinski definition) is 2. The molecule has 1 aromatic rings. The third kappa shape index (κ3) is 2.54. The molecule has 0 aromatic heterocycles. The predicted molar refractivity (Wildman–Crippen MR) is 79.1 cm³/mol. The number of nitrogens with one attached hydrogen (secondary N) is 1. The molecule has 100 valence electrons. The van der Waals surface area contributed by atoms with Crippen LogP contribution in [0.25, 0.3) is 0 Å². The summed E-state index contributed by atoms with van der Waals surface area (Å²) in [5, 5.41) is 3.27. The lowest BCUT2D eigenvalue weighted by atomic mass is 9.82. The lowest BCUT2D eigenvalue weighted by Crippen LogP contribution is -2.27. The third-order valence-electron chi connectivity index (χ3n) is 4.64. The van der Waals surface area contributed by atoms with Crippen LogP contribution in [0.5, 0.6) is 0 Å². The Hall–Kier alpha value is -1.02. The van der Waals surface area contributed by atoms with Crippen molar-refractivity contribution in [3.63, 3.8) is 0 Å². The summed E-state index contributed by atoms with van der Waals surface area (Å²) in [5.41, 5.74) is 3.39. The SMILES string of the molecule is CCC1(CC)CCN(c2ccccc2CNC)C1. The zero-order valence-corrected chi connectivity index (χ0v) is 12.0. The van der Waals surface area contributed by atoms with Gasteiger partial charge in [-0.2, -0.15) is 0 Å². The quantitative estimate of drug-likeness (QED) is 0.856. The first-order chi connectivity index (χ1) is 8.74. The molecule has 18 heavy (non-hydrogen) atoms. The Kier molecular flexibility index (Phi) is 4.28. The summed E-state index contributed by atoms with van der Waals surface area (Å²) in [4.78, 5) is 2.58. The Labute approximate surface area is 111 Å². The summed E-state index contributed by atoms with van der Waals surface area (Å²) < 4.78 is 0. The molecule has 0 unspecified atom stereocenters. The van der Waals surface area contributed by atoms with Gasteiger partial charge in [-0.1, -0.05) is 32.0 Å². The largest absolute Gasteiger partial charge is 0.371 e. The Balaban J connectivity index is 2.18. The molecular weight excluding hydrogens is 220 g/mol. The molecular formula is C16H26N2. The van der Waals surface area contributed by atoms with Gasteiger partial charge in [-0.05, 0) is 43.4 Å². The van der Waals surface area contributed by atoms with Crippen LogP contribution in [0.4, 0.5) is 5.69 Å². The monoisotopic (exact) mass is 246 g/mol. The number of anilines is 1. The number of para-hydroxylation sites is 1. The first-order valence-electron chi connectivity index (χ1n) is 7.22. The summed E-state index contributed by atoms with van der Waals surface area (Å²) in [5.74, 6) is 0. The van der Waals surface area contributed by atoms with Crippen LogP contribution in [0, 0.1) is 5.41 Å². The summed E-state index contributed by atoms with van der Waals surface area (Å²) in [6.45, 7) is 8.07. The smallest absolute Gasteiger partial charge is 0.0412 e. The van der Waals surface area contributed by atoms with Gasteiger partial charge in [0.15, 0.2) is 0 Å². The average molecular weight is 246 g/mol. The molecule has 0 atom stereocenters. The fraction of sp³-hybridized carbons (Fsp3) is 0.625. The second kappa shape index (κ2) is 5.75. The van der Waals surface area contributed by atoms with Gasteiger partial charge in [0.05, 0.1) is 0 Å². The molecule has 1 heterocycles. The normalized spacial score (nSPS) is 18.3. The lowest BCUT2D eigenvalue weighted by Gasteiger charge is -2.28. The van der Waals surface area contributed by atoms with Crippen molar-refractivity contribution in [2.24, 2.45) is 5.41 Å². The number of rotatable bonds is 5.